The number of aromatic hydroxyl groups is 1. The summed E-state index contributed by atoms with van der Waals surface area (Å²) in [7, 11) is 0. The third-order valence-electron chi connectivity index (χ3n) is 1.67. The third kappa shape index (κ3) is 1.15. The molecule has 0 atom stereocenters. The number of fused-ring (bicyclic) bond motifs is 1. The molecule has 0 spiro atoms. The van der Waals surface area contributed by atoms with Crippen molar-refractivity contribution in [3.63, 3.8) is 0 Å². The Morgan fingerprint density at radius 3 is 3.07 bits per heavy atom. The van der Waals surface area contributed by atoms with E-state index in [0.717, 1.165) is 6.07 Å². The van der Waals surface area contributed by atoms with E-state index in [0.29, 0.717) is 0 Å². The number of pyridine rings is 1. The second-order valence-electron chi connectivity index (χ2n) is 2.48. The van der Waals surface area contributed by atoms with Gasteiger partial charge >= 0.3 is 0 Å². The second kappa shape index (κ2) is 2.95. The fourth-order valence-electron chi connectivity index (χ4n) is 1.07. The van der Waals surface area contributed by atoms with Crippen LogP contribution in [0.25, 0.3) is 10.9 Å². The molecule has 0 saturated carbocycles. The number of nitro groups is 1. The van der Waals surface area contributed by atoms with E-state index in [1.807, 2.05) is 0 Å². The Morgan fingerprint density at radius 1 is 1.57 bits per heavy atom. The van der Waals surface area contributed by atoms with Crippen LogP contribution in [0.5, 0.6) is 5.75 Å². The van der Waals surface area contributed by atoms with E-state index in [-0.39, 0.29) is 10.9 Å². The van der Waals surface area contributed by atoms with E-state index in [1.54, 1.807) is 0 Å². The zero-order chi connectivity index (χ0) is 13.6. The van der Waals surface area contributed by atoms with Gasteiger partial charge in [-0.3, -0.25) is 15.1 Å². The number of hydrogen-bond donors (Lipinski definition) is 1. The van der Waals surface area contributed by atoms with Crippen LogP contribution in [0.4, 0.5) is 5.69 Å². The summed E-state index contributed by atoms with van der Waals surface area (Å²) in [5.41, 5.74) is -0.959. The smallest absolute Gasteiger partial charge is 0.279 e. The van der Waals surface area contributed by atoms with Crippen molar-refractivity contribution < 1.29 is 15.5 Å². The van der Waals surface area contributed by atoms with Crippen molar-refractivity contribution in [3.05, 3.63) is 40.5 Å². The van der Waals surface area contributed by atoms with Crippen LogP contribution < -0.4 is 0 Å². The van der Waals surface area contributed by atoms with Crippen molar-refractivity contribution in [3.8, 4) is 5.75 Å². The second-order valence-corrected chi connectivity index (χ2v) is 2.48. The van der Waals surface area contributed by atoms with E-state index in [4.69, 9.17) is 5.48 Å². The van der Waals surface area contributed by atoms with Crippen molar-refractivity contribution in [1.82, 2.24) is 4.98 Å². The van der Waals surface area contributed by atoms with Gasteiger partial charge in [-0.1, -0.05) is 0 Å². The number of benzene rings is 1. The third-order valence-corrected chi connectivity index (χ3v) is 1.67. The molecule has 1 aromatic carbocycles. The first-order chi connectivity index (χ1) is 8.34. The van der Waals surface area contributed by atoms with Crippen LogP contribution >= 0.6 is 0 Å². The molecule has 0 amide bonds. The van der Waals surface area contributed by atoms with Crippen LogP contribution in [-0.2, 0) is 0 Å². The molecule has 0 aliphatic heterocycles. The number of nitro benzene ring substituents is 1. The van der Waals surface area contributed by atoms with Gasteiger partial charge in [-0.05, 0) is 18.1 Å². The lowest BCUT2D eigenvalue weighted by Crippen LogP contribution is -1.90. The average molecular weight is 194 g/mol. The molecule has 1 heterocycles. The number of phenols is 1. The molecule has 0 fully saturated rings. The largest absolute Gasteiger partial charge is 0.506 e. The number of non-ortho nitro benzene ring substituents is 1. The molecule has 0 bridgehead atoms. The average Bonchev–Trinajstić information content (AvgIpc) is 2.31. The SMILES string of the molecule is [2H]c1cc([N+](=O)[O-])c2c([2H])c([2H])c([2H])nc2c1O. The zero-order valence-electron chi connectivity index (χ0n) is 10.7. The Kier molecular flexibility index (Phi) is 1.03. The first-order valence-corrected chi connectivity index (χ1v) is 3.59. The maximum atomic E-state index is 10.8. The fraction of sp³-hybridized carbons (Fsp3) is 0. The summed E-state index contributed by atoms with van der Waals surface area (Å²) in [6, 6.07) is -0.853. The molecule has 0 radical (unpaired) electrons. The molecular formula is C9H6N2O3. The molecule has 1 N–H and O–H groups in total. The normalized spacial score (nSPS) is 14.3. The van der Waals surface area contributed by atoms with Crippen molar-refractivity contribution in [2.75, 3.05) is 0 Å². The van der Waals surface area contributed by atoms with Gasteiger partial charge in [0.05, 0.1) is 15.8 Å². The van der Waals surface area contributed by atoms with Crippen LogP contribution in [-0.4, -0.2) is 15.0 Å². The van der Waals surface area contributed by atoms with E-state index in [1.165, 1.54) is 0 Å². The van der Waals surface area contributed by atoms with Gasteiger partial charge in [-0.25, -0.2) is 0 Å². The van der Waals surface area contributed by atoms with Crippen molar-refractivity contribution in [2.45, 2.75) is 0 Å². The van der Waals surface area contributed by atoms with Gasteiger partial charge in [0.1, 0.15) is 11.3 Å². The monoisotopic (exact) mass is 194 g/mol. The molecule has 2 rings (SSSR count). The predicted octanol–water partition coefficient (Wildman–Crippen LogP) is 1.85. The quantitative estimate of drug-likeness (QED) is 0.555. The number of hydrogen-bond acceptors (Lipinski definition) is 4. The summed E-state index contributed by atoms with van der Waals surface area (Å²) >= 11 is 0. The highest BCUT2D eigenvalue weighted by molar-refractivity contribution is 5.91. The first-order valence-electron chi connectivity index (χ1n) is 5.59. The van der Waals surface area contributed by atoms with Crippen LogP contribution in [0.2, 0.25) is 0 Å². The molecule has 5 heteroatoms. The molecule has 1 aromatic heterocycles. The molecular weight excluding hydrogens is 184 g/mol. The van der Waals surface area contributed by atoms with Crippen LogP contribution in [0, 0.1) is 10.1 Å². The minimum Gasteiger partial charge on any atom is -0.506 e. The lowest BCUT2D eigenvalue weighted by molar-refractivity contribution is -0.383. The lowest BCUT2D eigenvalue weighted by Gasteiger charge is -1.99. The van der Waals surface area contributed by atoms with Gasteiger partial charge in [0.25, 0.3) is 5.69 Å². The number of phenolic OH excluding ortho intramolecular Hbond substituents is 1. The summed E-state index contributed by atoms with van der Waals surface area (Å²) in [5.74, 6) is -0.641. The predicted molar refractivity (Wildman–Crippen MR) is 50.1 cm³/mol. The van der Waals surface area contributed by atoms with Crippen molar-refractivity contribution >= 4 is 16.6 Å². The van der Waals surface area contributed by atoms with Crippen LogP contribution in [0.3, 0.4) is 0 Å². The van der Waals surface area contributed by atoms with Gasteiger partial charge in [-0.15, -0.1) is 0 Å². The molecule has 0 aliphatic carbocycles. The first kappa shape index (κ1) is 4.90. The van der Waals surface area contributed by atoms with Gasteiger partial charge in [0, 0.05) is 12.2 Å². The lowest BCUT2D eigenvalue weighted by atomic mass is 10.2. The van der Waals surface area contributed by atoms with Gasteiger partial charge < -0.3 is 5.11 Å². The van der Waals surface area contributed by atoms with E-state index in [2.05, 4.69) is 4.98 Å². The fourth-order valence-corrected chi connectivity index (χ4v) is 1.07. The standard InChI is InChI=1S/C9H6N2O3/c12-8-4-3-7(11(13)14)6-2-1-5-10-9(6)8/h1-5,12H/i1D,2D,4D,5D. The highest BCUT2D eigenvalue weighted by Gasteiger charge is 2.13. The molecule has 0 unspecified atom stereocenters. The summed E-state index contributed by atoms with van der Waals surface area (Å²) in [6.07, 6.45) is -0.581. The van der Waals surface area contributed by atoms with Gasteiger partial charge in [0.15, 0.2) is 0 Å². The number of nitrogens with zero attached hydrogens (tertiary/aromatic N) is 2. The minimum atomic E-state index is -0.817. The minimum absolute atomic E-state index is 0.338. The van der Waals surface area contributed by atoms with Gasteiger partial charge in [-0.2, -0.15) is 0 Å². The summed E-state index contributed by atoms with van der Waals surface area (Å²) < 4.78 is 29.7. The van der Waals surface area contributed by atoms with E-state index >= 15 is 0 Å². The Labute approximate surface area is 84.4 Å². The molecule has 0 aliphatic rings. The summed E-state index contributed by atoms with van der Waals surface area (Å²) in [5, 5.41) is 20.1. The van der Waals surface area contributed by atoms with Crippen molar-refractivity contribution in [1.29, 1.82) is 0 Å². The Morgan fingerprint density at radius 2 is 2.36 bits per heavy atom. The number of rotatable bonds is 1. The molecule has 14 heavy (non-hydrogen) atoms. The summed E-state index contributed by atoms with van der Waals surface area (Å²) in [6.45, 7) is 0. The topological polar surface area (TPSA) is 76.3 Å². The Hall–Kier alpha value is -2.17. The Bertz CT molecular complexity index is 690. The zero-order valence-corrected chi connectivity index (χ0v) is 6.74. The maximum Gasteiger partial charge on any atom is 0.279 e. The highest BCUT2D eigenvalue weighted by atomic mass is 16.6. The summed E-state index contributed by atoms with van der Waals surface area (Å²) in [4.78, 5) is 13.6. The molecule has 5 nitrogen and oxygen atoms in total. The number of aromatic nitrogens is 1. The molecule has 0 saturated heterocycles. The van der Waals surface area contributed by atoms with Gasteiger partial charge in [0.2, 0.25) is 0 Å². The van der Waals surface area contributed by atoms with Crippen LogP contribution in [0.1, 0.15) is 5.48 Å². The highest BCUT2D eigenvalue weighted by Crippen LogP contribution is 2.29. The maximum absolute atomic E-state index is 10.8. The van der Waals surface area contributed by atoms with Crippen LogP contribution in [0.15, 0.2) is 30.4 Å². The molecule has 70 valence electrons. The Balaban J connectivity index is 3.09. The van der Waals surface area contributed by atoms with E-state index in [9.17, 15) is 15.2 Å². The van der Waals surface area contributed by atoms with E-state index < -0.39 is 40.7 Å². The molecule has 2 aromatic rings. The van der Waals surface area contributed by atoms with Crippen molar-refractivity contribution in [2.24, 2.45) is 0 Å².